The van der Waals surface area contributed by atoms with Crippen LogP contribution in [0, 0.1) is 0 Å². The van der Waals surface area contributed by atoms with Gasteiger partial charge in [-0.3, -0.25) is 4.79 Å². The first kappa shape index (κ1) is 16.6. The van der Waals surface area contributed by atoms with Crippen LogP contribution in [0.15, 0.2) is 5.16 Å². The molecule has 12 heavy (non-hydrogen) atoms. The van der Waals surface area contributed by atoms with Crippen molar-refractivity contribution in [1.29, 1.82) is 0 Å². The van der Waals surface area contributed by atoms with Gasteiger partial charge in [0, 0.05) is 0 Å². The van der Waals surface area contributed by atoms with Gasteiger partial charge in [0.2, 0.25) is 5.16 Å². The molecule has 1 aromatic heterocycles. The molecule has 9 heteroatoms. The minimum absolute atomic E-state index is 0. The van der Waals surface area contributed by atoms with Crippen LogP contribution in [-0.4, -0.2) is 134 Å². The summed E-state index contributed by atoms with van der Waals surface area (Å²) in [6.07, 6.45) is 0. The molecular weight excluding hydrogens is 234 g/mol. The number of aromatic nitrogens is 4. The van der Waals surface area contributed by atoms with Gasteiger partial charge in [-0.1, -0.05) is 0 Å². The molecule has 0 atom stereocenters. The molecular formula is C3H6K2N4O2S. The van der Waals surface area contributed by atoms with Crippen LogP contribution in [0.2, 0.25) is 0 Å². The summed E-state index contributed by atoms with van der Waals surface area (Å²) < 4.78 is 1.07. The molecule has 0 aliphatic heterocycles. The van der Waals surface area contributed by atoms with E-state index in [2.05, 4.69) is 28.2 Å². The van der Waals surface area contributed by atoms with Gasteiger partial charge in [-0.25, -0.2) is 4.68 Å². The Morgan fingerprint density at radius 3 is 2.50 bits per heavy atom. The van der Waals surface area contributed by atoms with Gasteiger partial charge in [-0.2, -0.15) is 0 Å². The second kappa shape index (κ2) is 8.47. The standard InChI is InChI=1S/C3H4N4O2S.2K.2H/c8-2(9)1-7-3(10)4-5-6-7;;;;/h1H2,(H,8,9)(H,4,6,10);;;;. The van der Waals surface area contributed by atoms with Gasteiger partial charge >= 0.3 is 109 Å². The molecule has 0 unspecified atom stereocenters. The van der Waals surface area contributed by atoms with E-state index >= 15 is 0 Å². The number of tetrazole rings is 1. The fourth-order valence-electron chi connectivity index (χ4n) is 0.430. The van der Waals surface area contributed by atoms with Gasteiger partial charge in [0.25, 0.3) is 0 Å². The zero-order chi connectivity index (χ0) is 7.56. The molecule has 1 aromatic rings. The van der Waals surface area contributed by atoms with E-state index in [1.54, 1.807) is 0 Å². The monoisotopic (exact) mass is 240 g/mol. The Bertz CT molecular complexity index is 254. The Balaban J connectivity index is 0. The van der Waals surface area contributed by atoms with Gasteiger partial charge in [-0.15, -0.1) is 17.7 Å². The molecule has 58 valence electrons. The van der Waals surface area contributed by atoms with Gasteiger partial charge < -0.3 is 5.11 Å². The van der Waals surface area contributed by atoms with E-state index < -0.39 is 5.97 Å². The second-order valence-electron chi connectivity index (χ2n) is 1.53. The number of carboxylic acids is 1. The SMILES string of the molecule is O=C(O)Cn1nnnc1S.[KH].[KH]. The van der Waals surface area contributed by atoms with Gasteiger partial charge in [-0.05, 0) is 10.4 Å². The van der Waals surface area contributed by atoms with Crippen LogP contribution in [0.4, 0.5) is 0 Å². The molecule has 0 aliphatic carbocycles. The van der Waals surface area contributed by atoms with E-state index in [0.717, 1.165) is 4.68 Å². The summed E-state index contributed by atoms with van der Waals surface area (Å²) in [5, 5.41) is 18.4. The molecule has 0 saturated heterocycles. The van der Waals surface area contributed by atoms with E-state index in [1.165, 1.54) is 0 Å². The van der Waals surface area contributed by atoms with E-state index in [-0.39, 0.29) is 114 Å². The second-order valence-corrected chi connectivity index (χ2v) is 1.93. The summed E-state index contributed by atoms with van der Waals surface area (Å²) in [5.74, 6) is -0.998. The number of thiol groups is 1. The molecule has 0 fully saturated rings. The summed E-state index contributed by atoms with van der Waals surface area (Å²) in [6, 6.07) is 0. The molecule has 1 rings (SSSR count). The van der Waals surface area contributed by atoms with Crippen molar-refractivity contribution < 1.29 is 9.90 Å². The van der Waals surface area contributed by atoms with Crippen molar-refractivity contribution in [1.82, 2.24) is 20.2 Å². The maximum absolute atomic E-state index is 10.1. The molecule has 0 spiro atoms. The first-order valence-electron chi connectivity index (χ1n) is 2.37. The molecule has 0 bridgehead atoms. The molecule has 6 nitrogen and oxygen atoms in total. The Morgan fingerprint density at radius 1 is 1.58 bits per heavy atom. The van der Waals surface area contributed by atoms with Crippen LogP contribution < -0.4 is 0 Å². The number of rotatable bonds is 2. The maximum atomic E-state index is 10.1. The quantitative estimate of drug-likeness (QED) is 0.451. The van der Waals surface area contributed by atoms with Crippen LogP contribution in [-0.2, 0) is 11.3 Å². The Hall–Kier alpha value is 2.16. The van der Waals surface area contributed by atoms with E-state index in [4.69, 9.17) is 5.11 Å². The molecule has 0 aromatic carbocycles. The van der Waals surface area contributed by atoms with E-state index in [9.17, 15) is 4.79 Å². The molecule has 1 N–H and O–H groups in total. The predicted octanol–water partition coefficient (Wildman–Crippen LogP) is -2.25. The average molecular weight is 240 g/mol. The fraction of sp³-hybridized carbons (Fsp3) is 0.333. The van der Waals surface area contributed by atoms with Crippen molar-refractivity contribution in [3.63, 3.8) is 0 Å². The number of aliphatic carboxylic acids is 1. The van der Waals surface area contributed by atoms with Gasteiger partial charge in [0.05, 0.1) is 0 Å². The summed E-state index contributed by atoms with van der Waals surface area (Å²) in [5.41, 5.74) is 0. The van der Waals surface area contributed by atoms with Crippen LogP contribution >= 0.6 is 12.6 Å². The van der Waals surface area contributed by atoms with Crippen molar-refractivity contribution in [2.75, 3.05) is 0 Å². The summed E-state index contributed by atoms with van der Waals surface area (Å²) in [7, 11) is 0. The van der Waals surface area contributed by atoms with Crippen molar-refractivity contribution >= 4 is 121 Å². The number of hydrogen-bond donors (Lipinski definition) is 2. The van der Waals surface area contributed by atoms with Crippen molar-refractivity contribution in [2.24, 2.45) is 0 Å². The summed E-state index contributed by atoms with van der Waals surface area (Å²) in [4.78, 5) is 10.1. The first-order valence-corrected chi connectivity index (χ1v) is 2.82. The van der Waals surface area contributed by atoms with Gasteiger partial charge in [0.15, 0.2) is 0 Å². The summed E-state index contributed by atoms with van der Waals surface area (Å²) >= 11 is 3.79. The van der Waals surface area contributed by atoms with E-state index in [0.29, 0.717) is 0 Å². The van der Waals surface area contributed by atoms with Crippen molar-refractivity contribution in [3.8, 4) is 0 Å². The Kier molecular flexibility index (Phi) is 11.7. The summed E-state index contributed by atoms with van der Waals surface area (Å²) in [6.45, 7) is -0.258. The number of carbonyl (C=O) groups is 1. The predicted molar refractivity (Wildman–Crippen MR) is 47.0 cm³/mol. The van der Waals surface area contributed by atoms with Crippen molar-refractivity contribution in [3.05, 3.63) is 0 Å². The van der Waals surface area contributed by atoms with Crippen LogP contribution in [0.25, 0.3) is 0 Å². The van der Waals surface area contributed by atoms with Crippen LogP contribution in [0.3, 0.4) is 0 Å². The zero-order valence-corrected chi connectivity index (χ0v) is 5.69. The third-order valence-electron chi connectivity index (χ3n) is 0.798. The van der Waals surface area contributed by atoms with Crippen molar-refractivity contribution in [2.45, 2.75) is 11.7 Å². The molecule has 1 heterocycles. The minimum atomic E-state index is -0.998. The van der Waals surface area contributed by atoms with E-state index in [1.807, 2.05) is 0 Å². The average Bonchev–Trinajstić information content (AvgIpc) is 2.15. The first-order chi connectivity index (χ1) is 4.70. The number of carboxylic acid groups (broad SMARTS) is 1. The Labute approximate surface area is 159 Å². The van der Waals surface area contributed by atoms with Crippen LogP contribution in [0.1, 0.15) is 0 Å². The van der Waals surface area contributed by atoms with Crippen LogP contribution in [0.5, 0.6) is 0 Å². The van der Waals surface area contributed by atoms with Gasteiger partial charge in [0.1, 0.15) is 6.54 Å². The number of nitrogens with zero attached hydrogens (tertiary/aromatic N) is 4. The zero-order valence-electron chi connectivity index (χ0n) is 4.80. The normalized spacial score (nSPS) is 8.08. The fourth-order valence-corrected chi connectivity index (χ4v) is 0.581. The third-order valence-corrected chi connectivity index (χ3v) is 1.12. The topological polar surface area (TPSA) is 80.9 Å². The molecule has 0 radical (unpaired) electrons. The molecule has 0 saturated carbocycles. The number of hydrogen-bond acceptors (Lipinski definition) is 5. The Morgan fingerprint density at radius 2 is 2.17 bits per heavy atom. The molecule has 0 amide bonds. The third kappa shape index (κ3) is 5.80. The molecule has 0 aliphatic rings.